The molecule has 4 rings (SSSR count). The van der Waals surface area contributed by atoms with Crippen molar-refractivity contribution in [1.82, 2.24) is 24.2 Å². The molecule has 0 amide bonds. The summed E-state index contributed by atoms with van der Waals surface area (Å²) in [6.07, 6.45) is 4.57. The third kappa shape index (κ3) is 3.00. The van der Waals surface area contributed by atoms with E-state index in [4.69, 9.17) is 4.52 Å². The van der Waals surface area contributed by atoms with Crippen LogP contribution in [0.2, 0.25) is 0 Å². The fraction of sp³-hybridized carbons (Fsp3) is 0.500. The summed E-state index contributed by atoms with van der Waals surface area (Å²) in [5, 5.41) is 4.05. The number of para-hydroxylation sites is 2. The molecule has 0 spiro atoms. The maximum absolute atomic E-state index is 12.7. The Kier molecular flexibility index (Phi) is 4.40. The number of rotatable bonds is 5. The second-order valence-electron chi connectivity index (χ2n) is 6.49. The average Bonchev–Trinajstić information content (AvgIpc) is 3.22. The minimum atomic E-state index is -0.132. The molecule has 3 aromatic rings. The van der Waals surface area contributed by atoms with Crippen LogP contribution in [0.3, 0.4) is 0 Å². The van der Waals surface area contributed by atoms with Crippen molar-refractivity contribution in [3.63, 3.8) is 0 Å². The van der Waals surface area contributed by atoms with Crippen LogP contribution >= 0.6 is 0 Å². The number of aryl methyl sites for hydroxylation is 1. The summed E-state index contributed by atoms with van der Waals surface area (Å²) in [5.41, 5.74) is 1.56. The van der Waals surface area contributed by atoms with Gasteiger partial charge in [0.15, 0.2) is 0 Å². The number of hydrogen-bond donors (Lipinski definition) is 0. The molecule has 0 saturated carbocycles. The van der Waals surface area contributed by atoms with Crippen molar-refractivity contribution in [3.05, 3.63) is 40.6 Å². The Morgan fingerprint density at radius 3 is 2.64 bits per heavy atom. The van der Waals surface area contributed by atoms with E-state index in [-0.39, 0.29) is 5.69 Å². The largest absolute Gasteiger partial charge is 0.337 e. The topological polar surface area (TPSA) is 69.1 Å². The Bertz CT molecular complexity index is 917. The maximum Gasteiger partial charge on any atom is 0.336 e. The van der Waals surface area contributed by atoms with Gasteiger partial charge >= 0.3 is 5.69 Å². The third-order valence-electron chi connectivity index (χ3n) is 4.90. The number of aromatic nitrogens is 4. The van der Waals surface area contributed by atoms with Crippen molar-refractivity contribution in [2.45, 2.75) is 39.2 Å². The van der Waals surface area contributed by atoms with E-state index >= 15 is 0 Å². The molecule has 7 nitrogen and oxygen atoms in total. The number of benzene rings is 1. The molecule has 1 aromatic carbocycles. The normalized spacial score (nSPS) is 15.9. The Morgan fingerprint density at radius 2 is 1.88 bits per heavy atom. The lowest BCUT2D eigenvalue weighted by atomic mass is 10.1. The van der Waals surface area contributed by atoms with Gasteiger partial charge in [-0.05, 0) is 50.1 Å². The predicted molar refractivity (Wildman–Crippen MR) is 95.1 cm³/mol. The van der Waals surface area contributed by atoms with Crippen molar-refractivity contribution in [3.8, 4) is 5.95 Å². The van der Waals surface area contributed by atoms with Crippen LogP contribution in [0.15, 0.2) is 33.6 Å². The summed E-state index contributed by atoms with van der Waals surface area (Å²) in [4.78, 5) is 19.6. The van der Waals surface area contributed by atoms with Gasteiger partial charge in [-0.3, -0.25) is 4.57 Å². The molecule has 7 heteroatoms. The van der Waals surface area contributed by atoms with Gasteiger partial charge in [-0.2, -0.15) is 4.98 Å². The highest BCUT2D eigenvalue weighted by Gasteiger charge is 2.18. The molecule has 0 unspecified atom stereocenters. The molecule has 0 radical (unpaired) electrons. The smallest absolute Gasteiger partial charge is 0.336 e. The molecule has 2 aromatic heterocycles. The minimum Gasteiger partial charge on any atom is -0.337 e. The standard InChI is InChI=1S/C18H23N5O2/c1-2-22-14-8-4-5-9-15(14)23(18(22)24)17-19-16(25-20-17)10-13-21-11-6-3-7-12-21/h4-5,8-9H,2-3,6-7,10-13H2,1H3. The first-order valence-electron chi connectivity index (χ1n) is 9.03. The number of imidazole rings is 1. The van der Waals surface area contributed by atoms with Gasteiger partial charge in [0, 0.05) is 19.5 Å². The lowest BCUT2D eigenvalue weighted by Crippen LogP contribution is -2.31. The van der Waals surface area contributed by atoms with Gasteiger partial charge in [-0.15, -0.1) is 0 Å². The summed E-state index contributed by atoms with van der Waals surface area (Å²) in [6, 6.07) is 7.69. The van der Waals surface area contributed by atoms with Gasteiger partial charge < -0.3 is 9.42 Å². The van der Waals surface area contributed by atoms with Gasteiger partial charge in [-0.25, -0.2) is 9.36 Å². The zero-order valence-electron chi connectivity index (χ0n) is 14.5. The first-order valence-corrected chi connectivity index (χ1v) is 9.03. The summed E-state index contributed by atoms with van der Waals surface area (Å²) < 4.78 is 8.66. The fourth-order valence-corrected chi connectivity index (χ4v) is 3.58. The molecular weight excluding hydrogens is 318 g/mol. The van der Waals surface area contributed by atoms with Crippen LogP contribution in [0.5, 0.6) is 0 Å². The molecule has 0 N–H and O–H groups in total. The zero-order valence-corrected chi connectivity index (χ0v) is 14.5. The lowest BCUT2D eigenvalue weighted by molar-refractivity contribution is 0.223. The molecule has 0 bridgehead atoms. The van der Waals surface area contributed by atoms with E-state index in [1.807, 2.05) is 31.2 Å². The number of fused-ring (bicyclic) bond motifs is 1. The van der Waals surface area contributed by atoms with Gasteiger partial charge in [0.2, 0.25) is 5.89 Å². The van der Waals surface area contributed by atoms with Crippen LogP contribution < -0.4 is 5.69 Å². The molecule has 3 heterocycles. The quantitative estimate of drug-likeness (QED) is 0.712. The van der Waals surface area contributed by atoms with Crippen LogP contribution in [-0.4, -0.2) is 43.8 Å². The fourth-order valence-electron chi connectivity index (χ4n) is 3.58. The summed E-state index contributed by atoms with van der Waals surface area (Å²) in [5.74, 6) is 0.905. The Labute approximate surface area is 145 Å². The highest BCUT2D eigenvalue weighted by Crippen LogP contribution is 2.16. The van der Waals surface area contributed by atoms with E-state index in [1.54, 1.807) is 4.57 Å². The summed E-state index contributed by atoms with van der Waals surface area (Å²) in [6.45, 7) is 5.77. The SMILES string of the molecule is CCn1c(=O)n(-c2noc(CCN3CCCCC3)n2)c2ccccc21. The molecule has 25 heavy (non-hydrogen) atoms. The van der Waals surface area contributed by atoms with Crippen molar-refractivity contribution < 1.29 is 4.52 Å². The lowest BCUT2D eigenvalue weighted by Gasteiger charge is -2.25. The van der Waals surface area contributed by atoms with Crippen LogP contribution in [0.25, 0.3) is 17.0 Å². The van der Waals surface area contributed by atoms with Crippen LogP contribution in [-0.2, 0) is 13.0 Å². The van der Waals surface area contributed by atoms with E-state index < -0.39 is 0 Å². The van der Waals surface area contributed by atoms with Gasteiger partial charge in [0.25, 0.3) is 5.95 Å². The van der Waals surface area contributed by atoms with Crippen molar-refractivity contribution in [1.29, 1.82) is 0 Å². The van der Waals surface area contributed by atoms with Crippen molar-refractivity contribution >= 4 is 11.0 Å². The number of nitrogens with zero attached hydrogens (tertiary/aromatic N) is 5. The molecular formula is C18H23N5O2. The third-order valence-corrected chi connectivity index (χ3v) is 4.90. The molecule has 1 saturated heterocycles. The molecule has 132 valence electrons. The van der Waals surface area contributed by atoms with Crippen molar-refractivity contribution in [2.75, 3.05) is 19.6 Å². The molecule has 1 aliphatic rings. The predicted octanol–water partition coefficient (Wildman–Crippen LogP) is 2.22. The number of likely N-dealkylation sites (tertiary alicyclic amines) is 1. The highest BCUT2D eigenvalue weighted by atomic mass is 16.5. The average molecular weight is 341 g/mol. The number of hydrogen-bond acceptors (Lipinski definition) is 5. The van der Waals surface area contributed by atoms with Gasteiger partial charge in [-0.1, -0.05) is 18.6 Å². The van der Waals surface area contributed by atoms with Crippen LogP contribution in [0.4, 0.5) is 0 Å². The first-order chi connectivity index (χ1) is 12.3. The van der Waals surface area contributed by atoms with Crippen LogP contribution in [0, 0.1) is 0 Å². The summed E-state index contributed by atoms with van der Waals surface area (Å²) >= 11 is 0. The Morgan fingerprint density at radius 1 is 1.12 bits per heavy atom. The van der Waals surface area contributed by atoms with Gasteiger partial charge in [0.1, 0.15) is 0 Å². The van der Waals surface area contributed by atoms with E-state index in [1.165, 1.54) is 23.8 Å². The van der Waals surface area contributed by atoms with E-state index in [0.717, 1.165) is 30.7 Å². The van der Waals surface area contributed by atoms with E-state index in [2.05, 4.69) is 15.0 Å². The van der Waals surface area contributed by atoms with Gasteiger partial charge in [0.05, 0.1) is 11.0 Å². The molecule has 0 atom stereocenters. The minimum absolute atomic E-state index is 0.132. The Balaban J connectivity index is 1.61. The van der Waals surface area contributed by atoms with E-state index in [0.29, 0.717) is 24.8 Å². The maximum atomic E-state index is 12.7. The molecule has 0 aliphatic carbocycles. The van der Waals surface area contributed by atoms with E-state index in [9.17, 15) is 4.79 Å². The monoisotopic (exact) mass is 341 g/mol. The zero-order chi connectivity index (χ0) is 17.2. The first kappa shape index (κ1) is 16.1. The number of piperidine rings is 1. The van der Waals surface area contributed by atoms with Crippen LogP contribution in [0.1, 0.15) is 32.1 Å². The second-order valence-corrected chi connectivity index (χ2v) is 6.49. The highest BCUT2D eigenvalue weighted by molar-refractivity contribution is 5.77. The Hall–Kier alpha value is -2.41. The second kappa shape index (κ2) is 6.84. The van der Waals surface area contributed by atoms with Crippen molar-refractivity contribution in [2.24, 2.45) is 0 Å². The molecule has 1 fully saturated rings. The summed E-state index contributed by atoms with van der Waals surface area (Å²) in [7, 11) is 0. The molecule has 1 aliphatic heterocycles.